The van der Waals surface area contributed by atoms with E-state index in [1.807, 2.05) is 25.2 Å². The van der Waals surface area contributed by atoms with Crippen molar-refractivity contribution in [3.63, 3.8) is 0 Å². The number of carbonyl (C=O) groups excluding carboxylic acids is 1. The summed E-state index contributed by atoms with van der Waals surface area (Å²) in [5, 5.41) is 3.05. The fraction of sp³-hybridized carbons (Fsp3) is 0.364. The lowest BCUT2D eigenvalue weighted by atomic mass is 10.1. The summed E-state index contributed by atoms with van der Waals surface area (Å²) in [5.41, 5.74) is 1.98. The molecule has 0 amide bonds. The first-order valence-electron chi connectivity index (χ1n) is 5.06. The monoisotopic (exact) mass is 240 g/mol. The summed E-state index contributed by atoms with van der Waals surface area (Å²) in [6.07, 6.45) is 2.03. The first-order chi connectivity index (χ1) is 7.72. The average Bonchev–Trinajstić information content (AvgIpc) is 2.34. The molecule has 0 aliphatic carbocycles. The Labute approximate surface area is 98.0 Å². The maximum absolute atomic E-state index is 11.5. The fourth-order valence-corrected chi connectivity index (χ4v) is 2.15. The largest absolute Gasteiger partial charge is 0.388 e. The van der Waals surface area contributed by atoms with Crippen molar-refractivity contribution in [2.24, 2.45) is 0 Å². The summed E-state index contributed by atoms with van der Waals surface area (Å²) >= 11 is 0. The van der Waals surface area contributed by atoms with Crippen molar-refractivity contribution in [3.05, 3.63) is 23.8 Å². The van der Waals surface area contributed by atoms with Gasteiger partial charge in [0.2, 0.25) is 0 Å². The third-order valence-corrected chi connectivity index (χ3v) is 3.33. The lowest BCUT2D eigenvalue weighted by Gasteiger charge is -2.10. The van der Waals surface area contributed by atoms with Crippen LogP contribution in [0.25, 0.3) is 0 Å². The molecule has 0 spiro atoms. The molecule has 0 heterocycles. The second-order valence-electron chi connectivity index (χ2n) is 3.25. The highest BCUT2D eigenvalue weighted by molar-refractivity contribution is 7.83. The van der Waals surface area contributed by atoms with E-state index in [9.17, 15) is 9.00 Å². The molecule has 0 aliphatic heterocycles. The second kappa shape index (κ2) is 6.40. The van der Waals surface area contributed by atoms with E-state index in [4.69, 9.17) is 0 Å². The van der Waals surface area contributed by atoms with Crippen molar-refractivity contribution in [1.82, 2.24) is 4.72 Å². The first-order valence-corrected chi connectivity index (χ1v) is 6.21. The third kappa shape index (κ3) is 3.15. The highest BCUT2D eigenvalue weighted by atomic mass is 32.2. The van der Waals surface area contributed by atoms with Gasteiger partial charge in [-0.2, -0.15) is 0 Å². The first kappa shape index (κ1) is 12.9. The molecule has 4 nitrogen and oxygen atoms in total. The van der Waals surface area contributed by atoms with Gasteiger partial charge in [-0.05, 0) is 37.2 Å². The number of rotatable bonds is 6. The molecular weight excluding hydrogens is 224 g/mol. The minimum absolute atomic E-state index is 0.477. The van der Waals surface area contributed by atoms with Crippen molar-refractivity contribution < 1.29 is 9.00 Å². The normalized spacial score (nSPS) is 12.1. The summed E-state index contributed by atoms with van der Waals surface area (Å²) in [5.74, 6) is 0. The van der Waals surface area contributed by atoms with Gasteiger partial charge in [0.25, 0.3) is 0 Å². The van der Waals surface area contributed by atoms with E-state index in [-0.39, 0.29) is 0 Å². The van der Waals surface area contributed by atoms with E-state index in [0.717, 1.165) is 22.4 Å². The van der Waals surface area contributed by atoms with Crippen LogP contribution in [0.1, 0.15) is 12.0 Å². The van der Waals surface area contributed by atoms with Crippen molar-refractivity contribution >= 4 is 23.0 Å². The molecule has 0 saturated heterocycles. The van der Waals surface area contributed by atoms with Crippen LogP contribution in [0, 0.1) is 0 Å². The van der Waals surface area contributed by atoms with Crippen LogP contribution >= 0.6 is 0 Å². The summed E-state index contributed by atoms with van der Waals surface area (Å²) in [4.78, 5) is 11.1. The van der Waals surface area contributed by atoms with Gasteiger partial charge in [-0.1, -0.05) is 0 Å². The second-order valence-corrected chi connectivity index (χ2v) is 4.66. The Bertz CT molecular complexity index is 394. The van der Waals surface area contributed by atoms with E-state index in [2.05, 4.69) is 10.0 Å². The van der Waals surface area contributed by atoms with Crippen molar-refractivity contribution in [2.75, 3.05) is 19.4 Å². The number of hydrogen-bond acceptors (Lipinski definition) is 3. The smallest absolute Gasteiger partial charge is 0.124 e. The highest BCUT2D eigenvalue weighted by Gasteiger charge is 2.06. The molecule has 1 aromatic rings. The molecule has 1 unspecified atom stereocenters. The minimum atomic E-state index is -1.18. The Morgan fingerprint density at radius 3 is 2.69 bits per heavy atom. The number of anilines is 1. The Kier molecular flexibility index (Phi) is 5.14. The zero-order valence-corrected chi connectivity index (χ0v) is 10.3. The fourth-order valence-electron chi connectivity index (χ4n) is 1.47. The van der Waals surface area contributed by atoms with Crippen LogP contribution in [-0.2, 0) is 22.2 Å². The molecule has 0 aliphatic rings. The Morgan fingerprint density at radius 1 is 1.38 bits per heavy atom. The molecule has 1 aromatic carbocycles. The van der Waals surface area contributed by atoms with Gasteiger partial charge < -0.3 is 10.1 Å². The Balaban J connectivity index is 3.00. The number of hydrogen-bond donors (Lipinski definition) is 2. The molecule has 88 valence electrons. The standard InChI is InChI=1S/C11H16N2O2S/c1-12-11-6-5-10(16(15)13-2)8-9(11)4-3-7-14/h5-8,12-13H,3-4H2,1-2H3. The number of aryl methyl sites for hydroxylation is 1. The van der Waals surface area contributed by atoms with Gasteiger partial charge in [0.05, 0.1) is 4.90 Å². The van der Waals surface area contributed by atoms with Gasteiger partial charge in [0, 0.05) is 19.2 Å². The highest BCUT2D eigenvalue weighted by Crippen LogP contribution is 2.20. The van der Waals surface area contributed by atoms with Crippen LogP contribution in [-0.4, -0.2) is 24.6 Å². The molecule has 5 heteroatoms. The van der Waals surface area contributed by atoms with E-state index >= 15 is 0 Å². The average molecular weight is 240 g/mol. The lowest BCUT2D eigenvalue weighted by Crippen LogP contribution is -2.11. The van der Waals surface area contributed by atoms with Crippen LogP contribution in [0.2, 0.25) is 0 Å². The topological polar surface area (TPSA) is 58.2 Å². The zero-order valence-electron chi connectivity index (χ0n) is 9.45. The molecule has 0 fully saturated rings. The predicted molar refractivity (Wildman–Crippen MR) is 65.8 cm³/mol. The minimum Gasteiger partial charge on any atom is -0.388 e. The van der Waals surface area contributed by atoms with E-state index in [0.29, 0.717) is 12.8 Å². The third-order valence-electron chi connectivity index (χ3n) is 2.28. The van der Waals surface area contributed by atoms with Gasteiger partial charge in [-0.15, -0.1) is 0 Å². The quantitative estimate of drug-likeness (QED) is 0.732. The van der Waals surface area contributed by atoms with Gasteiger partial charge >= 0.3 is 0 Å². The van der Waals surface area contributed by atoms with Crippen LogP contribution in [0.3, 0.4) is 0 Å². The molecule has 0 radical (unpaired) electrons. The predicted octanol–water partition coefficient (Wildman–Crippen LogP) is 1.10. The van der Waals surface area contributed by atoms with Gasteiger partial charge in [0.15, 0.2) is 0 Å². The Morgan fingerprint density at radius 2 is 2.12 bits per heavy atom. The van der Waals surface area contributed by atoms with E-state index < -0.39 is 11.0 Å². The molecule has 1 atom stereocenters. The molecule has 0 bridgehead atoms. The number of benzene rings is 1. The molecular formula is C11H16N2O2S. The van der Waals surface area contributed by atoms with E-state index in [1.54, 1.807) is 7.05 Å². The van der Waals surface area contributed by atoms with Crippen LogP contribution in [0.15, 0.2) is 23.1 Å². The maximum atomic E-state index is 11.5. The SMILES string of the molecule is CNc1ccc(S(=O)NC)cc1CCC=O. The van der Waals surface area contributed by atoms with Crippen molar-refractivity contribution in [1.29, 1.82) is 0 Å². The summed E-state index contributed by atoms with van der Waals surface area (Å²) in [7, 11) is 2.29. The number of carbonyl (C=O) groups is 1. The van der Waals surface area contributed by atoms with E-state index in [1.165, 1.54) is 0 Å². The van der Waals surface area contributed by atoms with Gasteiger partial charge in [0.1, 0.15) is 17.3 Å². The van der Waals surface area contributed by atoms with Crippen LogP contribution < -0.4 is 10.0 Å². The summed E-state index contributed by atoms with van der Waals surface area (Å²) in [6, 6.07) is 5.55. The number of aldehydes is 1. The zero-order chi connectivity index (χ0) is 12.0. The molecule has 0 saturated carbocycles. The summed E-state index contributed by atoms with van der Waals surface area (Å²) < 4.78 is 14.2. The van der Waals surface area contributed by atoms with Crippen LogP contribution in [0.5, 0.6) is 0 Å². The molecule has 1 rings (SSSR count). The molecule has 0 aromatic heterocycles. The molecule has 16 heavy (non-hydrogen) atoms. The Hall–Kier alpha value is -1.20. The maximum Gasteiger partial charge on any atom is 0.124 e. The lowest BCUT2D eigenvalue weighted by molar-refractivity contribution is -0.107. The van der Waals surface area contributed by atoms with Crippen molar-refractivity contribution in [2.45, 2.75) is 17.7 Å². The van der Waals surface area contributed by atoms with Crippen molar-refractivity contribution in [3.8, 4) is 0 Å². The number of nitrogens with one attached hydrogen (secondary N) is 2. The van der Waals surface area contributed by atoms with Gasteiger partial charge in [-0.3, -0.25) is 0 Å². The summed E-state index contributed by atoms with van der Waals surface area (Å²) in [6.45, 7) is 0. The van der Waals surface area contributed by atoms with Gasteiger partial charge in [-0.25, -0.2) is 8.93 Å². The molecule has 2 N–H and O–H groups in total. The van der Waals surface area contributed by atoms with Crippen LogP contribution in [0.4, 0.5) is 5.69 Å².